The molecule has 156 valence electrons. The van der Waals surface area contributed by atoms with Gasteiger partial charge in [0.25, 0.3) is 5.91 Å². The molecule has 0 aliphatic carbocycles. The normalized spacial score (nSPS) is 10.3. The SMILES string of the molecule is COC(=O)NCCCNC(=O)c1nc(Nc2cc(C)[nH]n2)ccc1-c1cccnc1. The molecule has 3 heterocycles. The van der Waals surface area contributed by atoms with Crippen molar-refractivity contribution in [3.63, 3.8) is 0 Å². The number of ether oxygens (including phenoxy) is 1. The van der Waals surface area contributed by atoms with Crippen LogP contribution in [0.3, 0.4) is 0 Å². The fourth-order valence-electron chi connectivity index (χ4n) is 2.71. The van der Waals surface area contributed by atoms with Crippen LogP contribution < -0.4 is 16.0 Å². The molecule has 0 saturated carbocycles. The minimum atomic E-state index is -0.505. The number of anilines is 2. The van der Waals surface area contributed by atoms with E-state index in [4.69, 9.17) is 0 Å². The fourth-order valence-corrected chi connectivity index (χ4v) is 2.71. The highest BCUT2D eigenvalue weighted by molar-refractivity contribution is 5.99. The fraction of sp³-hybridized carbons (Fsp3) is 0.250. The van der Waals surface area contributed by atoms with Crippen molar-refractivity contribution in [3.05, 3.63) is 54.1 Å². The predicted molar refractivity (Wildman–Crippen MR) is 111 cm³/mol. The summed E-state index contributed by atoms with van der Waals surface area (Å²) >= 11 is 0. The van der Waals surface area contributed by atoms with E-state index in [-0.39, 0.29) is 11.6 Å². The van der Waals surface area contributed by atoms with Gasteiger partial charge in [0.15, 0.2) is 5.82 Å². The number of aromatic nitrogens is 4. The van der Waals surface area contributed by atoms with Crippen LogP contribution in [0.2, 0.25) is 0 Å². The smallest absolute Gasteiger partial charge is 0.406 e. The minimum Gasteiger partial charge on any atom is -0.453 e. The third-order valence-electron chi connectivity index (χ3n) is 4.14. The molecule has 3 rings (SSSR count). The Morgan fingerprint density at radius 2 is 1.97 bits per heavy atom. The number of carbonyl (C=O) groups is 2. The van der Waals surface area contributed by atoms with Gasteiger partial charge >= 0.3 is 6.09 Å². The maximum absolute atomic E-state index is 12.8. The quantitative estimate of drug-likeness (QED) is 0.420. The van der Waals surface area contributed by atoms with Gasteiger partial charge in [0.05, 0.1) is 7.11 Å². The molecule has 2 amide bonds. The summed E-state index contributed by atoms with van der Waals surface area (Å²) < 4.78 is 4.51. The molecule has 0 bridgehead atoms. The Kier molecular flexibility index (Phi) is 6.93. The second-order valence-electron chi connectivity index (χ2n) is 6.42. The molecule has 30 heavy (non-hydrogen) atoms. The van der Waals surface area contributed by atoms with E-state index in [9.17, 15) is 9.59 Å². The number of nitrogens with zero attached hydrogens (tertiary/aromatic N) is 3. The summed E-state index contributed by atoms with van der Waals surface area (Å²) in [5.74, 6) is 0.773. The van der Waals surface area contributed by atoms with Crippen LogP contribution in [-0.4, -0.2) is 52.4 Å². The molecular formula is C20H23N7O3. The molecule has 0 aliphatic heterocycles. The lowest BCUT2D eigenvalue weighted by atomic mass is 10.1. The van der Waals surface area contributed by atoms with Gasteiger partial charge in [-0.2, -0.15) is 5.10 Å². The van der Waals surface area contributed by atoms with Crippen LogP contribution in [0.1, 0.15) is 22.6 Å². The number of aryl methyl sites for hydroxylation is 1. The van der Waals surface area contributed by atoms with Crippen molar-refractivity contribution in [1.29, 1.82) is 0 Å². The van der Waals surface area contributed by atoms with E-state index in [2.05, 4.69) is 40.9 Å². The zero-order chi connectivity index (χ0) is 21.3. The number of hydrogen-bond donors (Lipinski definition) is 4. The second-order valence-corrected chi connectivity index (χ2v) is 6.42. The molecular weight excluding hydrogens is 386 g/mol. The van der Waals surface area contributed by atoms with Crippen molar-refractivity contribution in [2.24, 2.45) is 0 Å². The average molecular weight is 409 g/mol. The summed E-state index contributed by atoms with van der Waals surface area (Å²) in [7, 11) is 1.30. The van der Waals surface area contributed by atoms with Gasteiger partial charge in [-0.25, -0.2) is 9.78 Å². The van der Waals surface area contributed by atoms with E-state index >= 15 is 0 Å². The van der Waals surface area contributed by atoms with Crippen LogP contribution in [-0.2, 0) is 4.74 Å². The summed E-state index contributed by atoms with van der Waals surface area (Å²) in [5.41, 5.74) is 2.62. The number of rotatable bonds is 8. The number of carbonyl (C=O) groups excluding carboxylic acids is 2. The van der Waals surface area contributed by atoms with E-state index in [0.29, 0.717) is 36.7 Å². The number of H-pyrrole nitrogens is 1. The molecule has 0 unspecified atom stereocenters. The Morgan fingerprint density at radius 1 is 1.13 bits per heavy atom. The molecule has 0 aliphatic rings. The van der Waals surface area contributed by atoms with Gasteiger partial charge in [0.2, 0.25) is 0 Å². The first kappa shape index (κ1) is 20.8. The van der Waals surface area contributed by atoms with Gasteiger partial charge in [0, 0.05) is 48.4 Å². The first-order valence-corrected chi connectivity index (χ1v) is 9.37. The number of alkyl carbamates (subject to hydrolysis) is 1. The number of pyridine rings is 2. The van der Waals surface area contributed by atoms with Crippen molar-refractivity contribution in [1.82, 2.24) is 30.8 Å². The summed E-state index contributed by atoms with van der Waals surface area (Å²) in [5, 5.41) is 15.5. The molecule has 0 aromatic carbocycles. The Labute approximate surface area is 173 Å². The molecule has 0 radical (unpaired) electrons. The van der Waals surface area contributed by atoms with Crippen LogP contribution in [0.5, 0.6) is 0 Å². The Bertz CT molecular complexity index is 1000. The van der Waals surface area contributed by atoms with Crippen LogP contribution in [0.4, 0.5) is 16.4 Å². The van der Waals surface area contributed by atoms with Gasteiger partial charge in [-0.1, -0.05) is 6.07 Å². The summed E-state index contributed by atoms with van der Waals surface area (Å²) in [4.78, 5) is 32.5. The molecule has 10 heteroatoms. The number of amides is 2. The maximum atomic E-state index is 12.8. The zero-order valence-corrected chi connectivity index (χ0v) is 16.7. The molecule has 4 N–H and O–H groups in total. The number of nitrogens with one attached hydrogen (secondary N) is 4. The standard InChI is InChI=1S/C20H23N7O3/c1-13-11-17(27-26-13)24-16-7-6-15(14-5-3-8-21-12-14)18(25-16)19(28)22-9-4-10-23-20(29)30-2/h3,5-8,11-12H,4,9-10H2,1-2H3,(H,22,28)(H,23,29)(H2,24,25,26,27). The first-order chi connectivity index (χ1) is 14.6. The molecule has 0 spiro atoms. The highest BCUT2D eigenvalue weighted by Gasteiger charge is 2.16. The van der Waals surface area contributed by atoms with Crippen molar-refractivity contribution in [2.45, 2.75) is 13.3 Å². The van der Waals surface area contributed by atoms with Gasteiger partial charge < -0.3 is 20.7 Å². The summed E-state index contributed by atoms with van der Waals surface area (Å²) in [6, 6.07) is 9.10. The highest BCUT2D eigenvalue weighted by Crippen LogP contribution is 2.24. The topological polar surface area (TPSA) is 134 Å². The first-order valence-electron chi connectivity index (χ1n) is 9.37. The highest BCUT2D eigenvalue weighted by atomic mass is 16.5. The lowest BCUT2D eigenvalue weighted by Crippen LogP contribution is -2.30. The van der Waals surface area contributed by atoms with Gasteiger partial charge in [-0.3, -0.25) is 14.9 Å². The third-order valence-corrected chi connectivity index (χ3v) is 4.14. The van der Waals surface area contributed by atoms with Crippen LogP contribution in [0.25, 0.3) is 11.1 Å². The number of methoxy groups -OCH3 is 1. The number of aromatic amines is 1. The van der Waals surface area contributed by atoms with E-state index < -0.39 is 6.09 Å². The molecule has 0 fully saturated rings. The minimum absolute atomic E-state index is 0.265. The predicted octanol–water partition coefficient (Wildman–Crippen LogP) is 2.39. The number of hydrogen-bond acceptors (Lipinski definition) is 7. The van der Waals surface area contributed by atoms with E-state index in [1.54, 1.807) is 24.5 Å². The molecule has 0 atom stereocenters. The van der Waals surface area contributed by atoms with E-state index in [1.165, 1.54) is 7.11 Å². The van der Waals surface area contributed by atoms with Crippen molar-refractivity contribution in [3.8, 4) is 11.1 Å². The second kappa shape index (κ2) is 10.0. The van der Waals surface area contributed by atoms with E-state index in [1.807, 2.05) is 25.1 Å². The van der Waals surface area contributed by atoms with Crippen molar-refractivity contribution >= 4 is 23.6 Å². The summed E-state index contributed by atoms with van der Waals surface area (Å²) in [6.07, 6.45) is 3.39. The lowest BCUT2D eigenvalue weighted by molar-refractivity contribution is 0.0949. The van der Waals surface area contributed by atoms with Crippen LogP contribution in [0.15, 0.2) is 42.7 Å². The van der Waals surface area contributed by atoms with Crippen LogP contribution in [0, 0.1) is 6.92 Å². The average Bonchev–Trinajstić information content (AvgIpc) is 3.18. The van der Waals surface area contributed by atoms with Crippen molar-refractivity contribution in [2.75, 3.05) is 25.5 Å². The lowest BCUT2D eigenvalue weighted by Gasteiger charge is -2.12. The van der Waals surface area contributed by atoms with Crippen LogP contribution >= 0.6 is 0 Å². The Hall–Kier alpha value is -3.95. The molecule has 10 nitrogen and oxygen atoms in total. The van der Waals surface area contributed by atoms with Gasteiger partial charge in [-0.15, -0.1) is 0 Å². The van der Waals surface area contributed by atoms with Gasteiger partial charge in [-0.05, 0) is 31.5 Å². The Balaban J connectivity index is 1.75. The van der Waals surface area contributed by atoms with Gasteiger partial charge in [0.1, 0.15) is 11.5 Å². The molecule has 0 saturated heterocycles. The third kappa shape index (κ3) is 5.53. The molecule has 3 aromatic heterocycles. The zero-order valence-electron chi connectivity index (χ0n) is 16.7. The largest absolute Gasteiger partial charge is 0.453 e. The molecule has 3 aromatic rings. The monoisotopic (exact) mass is 409 g/mol. The summed E-state index contributed by atoms with van der Waals surface area (Å²) in [6.45, 7) is 2.65. The van der Waals surface area contributed by atoms with Crippen molar-refractivity contribution < 1.29 is 14.3 Å². The maximum Gasteiger partial charge on any atom is 0.406 e. The Morgan fingerprint density at radius 3 is 2.67 bits per heavy atom. The van der Waals surface area contributed by atoms with E-state index in [0.717, 1.165) is 11.3 Å².